The fourth-order valence-corrected chi connectivity index (χ4v) is 1.48. The van der Waals surface area contributed by atoms with Crippen LogP contribution in [0.2, 0.25) is 0 Å². The van der Waals surface area contributed by atoms with E-state index in [2.05, 4.69) is 10.5 Å². The van der Waals surface area contributed by atoms with Crippen LogP contribution in [0.15, 0.2) is 41.1 Å². The van der Waals surface area contributed by atoms with Gasteiger partial charge in [0.1, 0.15) is 0 Å². The van der Waals surface area contributed by atoms with E-state index >= 15 is 0 Å². The molecule has 1 aromatic rings. The van der Waals surface area contributed by atoms with Crippen molar-refractivity contribution in [1.29, 1.82) is 0 Å². The van der Waals surface area contributed by atoms with Crippen molar-refractivity contribution in [3.8, 4) is 0 Å². The van der Waals surface area contributed by atoms with E-state index in [4.69, 9.17) is 0 Å². The SMILES string of the molecule is CCC1=CC(c2ccc(C(F)(F)F)cc2)=N[N]1. The molecule has 1 radical (unpaired) electrons. The maximum atomic E-state index is 12.4. The second-order valence-electron chi connectivity index (χ2n) is 3.65. The molecule has 17 heavy (non-hydrogen) atoms. The van der Waals surface area contributed by atoms with Crippen LogP contribution in [0.3, 0.4) is 0 Å². The zero-order chi connectivity index (χ0) is 12.5. The Morgan fingerprint density at radius 3 is 2.24 bits per heavy atom. The fourth-order valence-electron chi connectivity index (χ4n) is 1.48. The van der Waals surface area contributed by atoms with Crippen LogP contribution in [0.4, 0.5) is 13.2 Å². The smallest absolute Gasteiger partial charge is 0.166 e. The number of hydrogen-bond donors (Lipinski definition) is 0. The molecule has 0 atom stereocenters. The van der Waals surface area contributed by atoms with E-state index in [0.29, 0.717) is 11.3 Å². The van der Waals surface area contributed by atoms with Gasteiger partial charge in [-0.1, -0.05) is 19.1 Å². The van der Waals surface area contributed by atoms with E-state index in [0.717, 1.165) is 24.3 Å². The van der Waals surface area contributed by atoms with Crippen LogP contribution < -0.4 is 5.43 Å². The molecule has 0 aromatic heterocycles. The highest BCUT2D eigenvalue weighted by Gasteiger charge is 2.30. The molecular weight excluding hydrogens is 229 g/mol. The van der Waals surface area contributed by atoms with Crippen LogP contribution in [0.1, 0.15) is 24.5 Å². The number of rotatable bonds is 2. The summed E-state index contributed by atoms with van der Waals surface area (Å²) in [6.07, 6.45) is -1.76. The zero-order valence-corrected chi connectivity index (χ0v) is 9.12. The predicted octanol–water partition coefficient (Wildman–Crippen LogP) is 3.32. The van der Waals surface area contributed by atoms with Crippen molar-refractivity contribution in [1.82, 2.24) is 5.43 Å². The summed E-state index contributed by atoms with van der Waals surface area (Å²) in [5, 5.41) is 3.92. The van der Waals surface area contributed by atoms with Crippen LogP contribution in [-0.4, -0.2) is 5.71 Å². The maximum absolute atomic E-state index is 12.4. The fraction of sp³-hybridized carbons (Fsp3) is 0.250. The molecular formula is C12H10F3N2. The molecule has 0 saturated carbocycles. The number of allylic oxidation sites excluding steroid dienone is 2. The molecule has 0 saturated heterocycles. The minimum atomic E-state index is -4.30. The Labute approximate surface area is 96.8 Å². The van der Waals surface area contributed by atoms with Crippen molar-refractivity contribution in [3.05, 3.63) is 47.2 Å². The van der Waals surface area contributed by atoms with E-state index in [-0.39, 0.29) is 0 Å². The van der Waals surface area contributed by atoms with Gasteiger partial charge in [-0.25, -0.2) is 0 Å². The first-order chi connectivity index (χ1) is 8.00. The Hall–Kier alpha value is -1.78. The van der Waals surface area contributed by atoms with Gasteiger partial charge in [0.05, 0.1) is 17.0 Å². The first kappa shape index (κ1) is 11.7. The summed E-state index contributed by atoms with van der Waals surface area (Å²) in [4.78, 5) is 0. The minimum absolute atomic E-state index is 0.607. The third-order valence-corrected chi connectivity index (χ3v) is 2.46. The van der Waals surface area contributed by atoms with Crippen molar-refractivity contribution in [2.75, 3.05) is 0 Å². The predicted molar refractivity (Wildman–Crippen MR) is 58.5 cm³/mol. The Kier molecular flexibility index (Phi) is 2.92. The highest BCUT2D eigenvalue weighted by Crippen LogP contribution is 2.29. The molecule has 0 unspecified atom stereocenters. The van der Waals surface area contributed by atoms with Gasteiger partial charge in [-0.3, -0.25) is 0 Å². The first-order valence-corrected chi connectivity index (χ1v) is 5.17. The number of halogens is 3. The lowest BCUT2D eigenvalue weighted by atomic mass is 10.1. The van der Waals surface area contributed by atoms with Gasteiger partial charge in [-0.15, -0.1) is 0 Å². The van der Waals surface area contributed by atoms with E-state index in [1.165, 1.54) is 12.1 Å². The summed E-state index contributed by atoms with van der Waals surface area (Å²) in [6.45, 7) is 1.94. The Morgan fingerprint density at radius 1 is 1.12 bits per heavy atom. The second kappa shape index (κ2) is 4.24. The third-order valence-electron chi connectivity index (χ3n) is 2.46. The van der Waals surface area contributed by atoms with Crippen molar-refractivity contribution in [2.24, 2.45) is 5.10 Å². The van der Waals surface area contributed by atoms with Gasteiger partial charge in [0, 0.05) is 5.56 Å². The van der Waals surface area contributed by atoms with Gasteiger partial charge in [-0.05, 0) is 24.6 Å². The number of benzene rings is 1. The molecule has 1 aromatic carbocycles. The number of hydrogen-bond acceptors (Lipinski definition) is 1. The molecule has 2 rings (SSSR count). The summed E-state index contributed by atoms with van der Waals surface area (Å²) in [5.74, 6) is 0. The van der Waals surface area contributed by atoms with Crippen LogP contribution in [-0.2, 0) is 6.18 Å². The average molecular weight is 239 g/mol. The van der Waals surface area contributed by atoms with Crippen LogP contribution in [0.5, 0.6) is 0 Å². The van der Waals surface area contributed by atoms with Crippen LogP contribution in [0.25, 0.3) is 0 Å². The summed E-state index contributed by atoms with van der Waals surface area (Å²) >= 11 is 0. The molecule has 89 valence electrons. The summed E-state index contributed by atoms with van der Waals surface area (Å²) in [6, 6.07) is 4.92. The van der Waals surface area contributed by atoms with Crippen LogP contribution in [0, 0.1) is 0 Å². The summed E-state index contributed by atoms with van der Waals surface area (Å²) < 4.78 is 37.1. The molecule has 1 heterocycles. The normalized spacial score (nSPS) is 15.3. The van der Waals surface area contributed by atoms with Crippen molar-refractivity contribution < 1.29 is 13.2 Å². The molecule has 0 bridgehead atoms. The molecule has 0 N–H and O–H groups in total. The topological polar surface area (TPSA) is 26.5 Å². The van der Waals surface area contributed by atoms with Gasteiger partial charge < -0.3 is 0 Å². The molecule has 0 spiro atoms. The Bertz CT molecular complexity index is 470. The van der Waals surface area contributed by atoms with Gasteiger partial charge in [0.25, 0.3) is 0 Å². The Morgan fingerprint density at radius 2 is 1.76 bits per heavy atom. The molecule has 0 aliphatic carbocycles. The average Bonchev–Trinajstić information content (AvgIpc) is 2.76. The molecule has 0 fully saturated rings. The highest BCUT2D eigenvalue weighted by molar-refractivity contribution is 6.09. The monoisotopic (exact) mass is 239 g/mol. The van der Waals surface area contributed by atoms with E-state index in [1.54, 1.807) is 6.08 Å². The molecule has 1 aliphatic heterocycles. The van der Waals surface area contributed by atoms with Crippen LogP contribution >= 0.6 is 0 Å². The third kappa shape index (κ3) is 2.49. The molecule has 0 amide bonds. The number of nitrogens with zero attached hydrogens (tertiary/aromatic N) is 2. The van der Waals surface area contributed by atoms with E-state index in [1.807, 2.05) is 6.92 Å². The quantitative estimate of drug-likeness (QED) is 0.756. The van der Waals surface area contributed by atoms with Gasteiger partial charge in [0.2, 0.25) is 0 Å². The van der Waals surface area contributed by atoms with E-state index in [9.17, 15) is 13.2 Å². The van der Waals surface area contributed by atoms with Crippen molar-refractivity contribution >= 4 is 5.71 Å². The molecule has 5 heteroatoms. The second-order valence-corrected chi connectivity index (χ2v) is 3.65. The van der Waals surface area contributed by atoms with Crippen molar-refractivity contribution in [3.63, 3.8) is 0 Å². The number of alkyl halides is 3. The highest BCUT2D eigenvalue weighted by atomic mass is 19.4. The summed E-state index contributed by atoms with van der Waals surface area (Å²) in [7, 11) is 0. The summed E-state index contributed by atoms with van der Waals surface area (Å²) in [5.41, 5.74) is 5.34. The van der Waals surface area contributed by atoms with Gasteiger partial charge in [0.15, 0.2) is 0 Å². The van der Waals surface area contributed by atoms with Crippen molar-refractivity contribution in [2.45, 2.75) is 19.5 Å². The lowest BCUT2D eigenvalue weighted by Gasteiger charge is -2.06. The zero-order valence-electron chi connectivity index (χ0n) is 9.12. The lowest BCUT2D eigenvalue weighted by molar-refractivity contribution is -0.137. The minimum Gasteiger partial charge on any atom is -0.166 e. The molecule has 1 aliphatic rings. The maximum Gasteiger partial charge on any atom is 0.416 e. The molecule has 2 nitrogen and oxygen atoms in total. The standard InChI is InChI=1S/C12H10F3N2/c1-2-10-7-11(17-16-10)8-3-5-9(6-4-8)12(13,14)15/h3-7H,2H2,1H3. The Balaban J connectivity index is 2.23. The lowest BCUT2D eigenvalue weighted by Crippen LogP contribution is -2.05. The largest absolute Gasteiger partial charge is 0.416 e. The van der Waals surface area contributed by atoms with Gasteiger partial charge in [-0.2, -0.15) is 23.7 Å². The first-order valence-electron chi connectivity index (χ1n) is 5.17. The van der Waals surface area contributed by atoms with E-state index < -0.39 is 11.7 Å². The van der Waals surface area contributed by atoms with Gasteiger partial charge >= 0.3 is 6.18 Å².